The Morgan fingerprint density at radius 3 is 2.23 bits per heavy atom. The van der Waals surface area contributed by atoms with Crippen molar-refractivity contribution in [3.05, 3.63) is 71.8 Å². The fourth-order valence-corrected chi connectivity index (χ4v) is 3.62. The molecule has 30 heavy (non-hydrogen) atoms. The SMILES string of the molecule is CN=C(NCC(=O)NCc1ccccc1)NCC(c1ccccc1)N1CCCC1.I. The largest absolute Gasteiger partial charge is 0.354 e. The number of halogens is 1. The van der Waals surface area contributed by atoms with Gasteiger partial charge in [0.1, 0.15) is 0 Å². The minimum absolute atomic E-state index is 0. The summed E-state index contributed by atoms with van der Waals surface area (Å²) in [5.41, 5.74) is 2.39. The van der Waals surface area contributed by atoms with Crippen molar-refractivity contribution in [2.24, 2.45) is 4.99 Å². The fraction of sp³-hybridized carbons (Fsp3) is 0.391. The second kappa shape index (κ2) is 13.2. The van der Waals surface area contributed by atoms with Gasteiger partial charge in [0, 0.05) is 20.1 Å². The standard InChI is InChI=1S/C23H31N5O.HI/c1-24-23(27-18-22(29)25-16-19-10-4-2-5-11-19)26-17-21(28-14-8-9-15-28)20-12-6-3-7-13-20;/h2-7,10-13,21H,8-9,14-18H2,1H3,(H,25,29)(H2,24,26,27);1H. The van der Waals surface area contributed by atoms with Crippen molar-refractivity contribution in [1.82, 2.24) is 20.9 Å². The third-order valence-electron chi connectivity index (χ3n) is 5.20. The molecular formula is C23H32IN5O. The van der Waals surface area contributed by atoms with Gasteiger partial charge in [-0.05, 0) is 37.1 Å². The molecule has 162 valence electrons. The van der Waals surface area contributed by atoms with Gasteiger partial charge < -0.3 is 16.0 Å². The highest BCUT2D eigenvalue weighted by Gasteiger charge is 2.23. The number of nitrogens with one attached hydrogen (secondary N) is 3. The van der Waals surface area contributed by atoms with Crippen LogP contribution >= 0.6 is 24.0 Å². The Morgan fingerprint density at radius 1 is 0.967 bits per heavy atom. The van der Waals surface area contributed by atoms with Crippen molar-refractivity contribution in [2.45, 2.75) is 25.4 Å². The first-order valence-electron chi connectivity index (χ1n) is 10.3. The molecule has 3 rings (SSSR count). The number of hydrogen-bond acceptors (Lipinski definition) is 3. The zero-order valence-electron chi connectivity index (χ0n) is 17.5. The first-order valence-corrected chi connectivity index (χ1v) is 10.3. The lowest BCUT2D eigenvalue weighted by molar-refractivity contribution is -0.120. The van der Waals surface area contributed by atoms with E-state index >= 15 is 0 Å². The molecule has 1 aliphatic heterocycles. The number of nitrogens with zero attached hydrogens (tertiary/aromatic N) is 2. The van der Waals surface area contributed by atoms with Crippen LogP contribution in [0.5, 0.6) is 0 Å². The number of carbonyl (C=O) groups excluding carboxylic acids is 1. The van der Waals surface area contributed by atoms with Crippen LogP contribution in [0.1, 0.15) is 30.0 Å². The lowest BCUT2D eigenvalue weighted by atomic mass is 10.1. The fourth-order valence-electron chi connectivity index (χ4n) is 3.62. The van der Waals surface area contributed by atoms with E-state index < -0.39 is 0 Å². The van der Waals surface area contributed by atoms with Crippen LogP contribution in [-0.2, 0) is 11.3 Å². The summed E-state index contributed by atoms with van der Waals surface area (Å²) in [6.07, 6.45) is 2.50. The summed E-state index contributed by atoms with van der Waals surface area (Å²) in [6.45, 7) is 3.70. The molecular weight excluding hydrogens is 489 g/mol. The number of amides is 1. The van der Waals surface area contributed by atoms with Gasteiger partial charge in [0.05, 0.1) is 12.6 Å². The normalized spacial score (nSPS) is 15.2. The molecule has 1 unspecified atom stereocenters. The van der Waals surface area contributed by atoms with Crippen molar-refractivity contribution in [3.63, 3.8) is 0 Å². The summed E-state index contributed by atoms with van der Waals surface area (Å²) in [5.74, 6) is 0.580. The molecule has 2 aromatic carbocycles. The zero-order valence-corrected chi connectivity index (χ0v) is 19.8. The van der Waals surface area contributed by atoms with Crippen LogP contribution in [0.25, 0.3) is 0 Å². The summed E-state index contributed by atoms with van der Waals surface area (Å²) in [4.78, 5) is 18.9. The highest BCUT2D eigenvalue weighted by molar-refractivity contribution is 14.0. The Hall–Kier alpha value is -2.13. The van der Waals surface area contributed by atoms with Gasteiger partial charge in [-0.3, -0.25) is 14.7 Å². The van der Waals surface area contributed by atoms with Gasteiger partial charge in [-0.15, -0.1) is 24.0 Å². The summed E-state index contributed by atoms with van der Waals surface area (Å²) < 4.78 is 0. The zero-order chi connectivity index (χ0) is 20.3. The number of guanidine groups is 1. The Kier molecular flexibility index (Phi) is 10.6. The van der Waals surface area contributed by atoms with E-state index in [1.54, 1.807) is 7.05 Å². The molecule has 0 radical (unpaired) electrons. The molecule has 0 spiro atoms. The Labute approximate surface area is 196 Å². The monoisotopic (exact) mass is 521 g/mol. The minimum Gasteiger partial charge on any atom is -0.354 e. The maximum atomic E-state index is 12.1. The highest BCUT2D eigenvalue weighted by atomic mass is 127. The first-order chi connectivity index (χ1) is 14.3. The van der Waals surface area contributed by atoms with Crippen molar-refractivity contribution >= 4 is 35.8 Å². The van der Waals surface area contributed by atoms with E-state index in [0.29, 0.717) is 18.5 Å². The number of benzene rings is 2. The van der Waals surface area contributed by atoms with Crippen molar-refractivity contribution in [3.8, 4) is 0 Å². The highest BCUT2D eigenvalue weighted by Crippen LogP contribution is 2.24. The molecule has 6 nitrogen and oxygen atoms in total. The van der Waals surface area contributed by atoms with E-state index in [4.69, 9.17) is 0 Å². The number of aliphatic imine (C=N–C) groups is 1. The molecule has 0 aliphatic carbocycles. The molecule has 0 saturated carbocycles. The van der Waals surface area contributed by atoms with Gasteiger partial charge in [0.15, 0.2) is 5.96 Å². The maximum Gasteiger partial charge on any atom is 0.239 e. The molecule has 0 aromatic heterocycles. The number of likely N-dealkylation sites (tertiary alicyclic amines) is 1. The van der Waals surface area contributed by atoms with Gasteiger partial charge in [-0.1, -0.05) is 60.7 Å². The van der Waals surface area contributed by atoms with E-state index in [9.17, 15) is 4.79 Å². The third kappa shape index (κ3) is 7.60. The third-order valence-corrected chi connectivity index (χ3v) is 5.20. The van der Waals surface area contributed by atoms with Crippen LogP contribution in [0.4, 0.5) is 0 Å². The van der Waals surface area contributed by atoms with E-state index in [1.807, 2.05) is 36.4 Å². The van der Waals surface area contributed by atoms with Gasteiger partial charge in [-0.25, -0.2) is 0 Å². The Bertz CT molecular complexity index is 779. The minimum atomic E-state index is -0.0593. The van der Waals surface area contributed by atoms with Gasteiger partial charge >= 0.3 is 0 Å². The summed E-state index contributed by atoms with van der Waals surface area (Å²) in [5, 5.41) is 9.42. The van der Waals surface area contributed by atoms with E-state index in [2.05, 4.69) is 50.1 Å². The Morgan fingerprint density at radius 2 is 1.60 bits per heavy atom. The molecule has 1 heterocycles. The molecule has 2 aromatic rings. The van der Waals surface area contributed by atoms with Crippen LogP contribution in [0, 0.1) is 0 Å². The van der Waals surface area contributed by atoms with E-state index in [-0.39, 0.29) is 36.4 Å². The van der Waals surface area contributed by atoms with Crippen molar-refractivity contribution < 1.29 is 4.79 Å². The van der Waals surface area contributed by atoms with Gasteiger partial charge in [0.2, 0.25) is 5.91 Å². The van der Waals surface area contributed by atoms with Crippen LogP contribution in [-0.4, -0.2) is 50.0 Å². The number of hydrogen-bond donors (Lipinski definition) is 3. The predicted octanol–water partition coefficient (Wildman–Crippen LogP) is 2.92. The molecule has 1 aliphatic rings. The number of carbonyl (C=O) groups is 1. The molecule has 7 heteroatoms. The summed E-state index contributed by atoms with van der Waals surface area (Å²) in [7, 11) is 1.73. The van der Waals surface area contributed by atoms with Crippen LogP contribution in [0.15, 0.2) is 65.7 Å². The summed E-state index contributed by atoms with van der Waals surface area (Å²) in [6, 6.07) is 20.8. The maximum absolute atomic E-state index is 12.1. The van der Waals surface area contributed by atoms with Crippen LogP contribution in [0.2, 0.25) is 0 Å². The molecule has 1 fully saturated rings. The van der Waals surface area contributed by atoms with Crippen molar-refractivity contribution in [2.75, 3.05) is 33.2 Å². The topological polar surface area (TPSA) is 68.8 Å². The second-order valence-electron chi connectivity index (χ2n) is 7.24. The van der Waals surface area contributed by atoms with Gasteiger partial charge in [-0.2, -0.15) is 0 Å². The molecule has 1 saturated heterocycles. The number of rotatable bonds is 8. The Balaban J connectivity index is 0.00000320. The van der Waals surface area contributed by atoms with E-state index in [1.165, 1.54) is 18.4 Å². The lowest BCUT2D eigenvalue weighted by Crippen LogP contribution is -2.45. The smallest absolute Gasteiger partial charge is 0.239 e. The quantitative estimate of drug-likeness (QED) is 0.284. The molecule has 1 amide bonds. The second-order valence-corrected chi connectivity index (χ2v) is 7.24. The average molecular weight is 521 g/mol. The summed E-state index contributed by atoms with van der Waals surface area (Å²) >= 11 is 0. The molecule has 1 atom stereocenters. The molecule has 3 N–H and O–H groups in total. The predicted molar refractivity (Wildman–Crippen MR) is 133 cm³/mol. The first kappa shape index (κ1) is 24.1. The average Bonchev–Trinajstić information content (AvgIpc) is 3.30. The lowest BCUT2D eigenvalue weighted by Gasteiger charge is -2.28. The van der Waals surface area contributed by atoms with Crippen molar-refractivity contribution in [1.29, 1.82) is 0 Å². The van der Waals surface area contributed by atoms with Crippen LogP contribution in [0.3, 0.4) is 0 Å². The molecule has 0 bridgehead atoms. The van der Waals surface area contributed by atoms with Gasteiger partial charge in [0.25, 0.3) is 0 Å². The van der Waals surface area contributed by atoms with Crippen LogP contribution < -0.4 is 16.0 Å². The van der Waals surface area contributed by atoms with E-state index in [0.717, 1.165) is 25.2 Å².